The van der Waals surface area contributed by atoms with E-state index in [2.05, 4.69) is 39.6 Å². The summed E-state index contributed by atoms with van der Waals surface area (Å²) in [5.74, 6) is 1.85. The molecule has 1 atom stereocenters. The second-order valence-corrected chi connectivity index (χ2v) is 8.01. The van der Waals surface area contributed by atoms with Gasteiger partial charge in [0.2, 0.25) is 0 Å². The number of nitrogens with zero attached hydrogens (tertiary/aromatic N) is 4. The van der Waals surface area contributed by atoms with Crippen molar-refractivity contribution < 1.29 is 4.79 Å². The number of imidazole rings is 1. The Kier molecular flexibility index (Phi) is 5.45. The molecule has 2 aliphatic heterocycles. The molecule has 146 valence electrons. The van der Waals surface area contributed by atoms with Crippen molar-refractivity contribution in [1.29, 1.82) is 0 Å². The first-order chi connectivity index (χ1) is 13.1. The maximum absolute atomic E-state index is 12.6. The van der Waals surface area contributed by atoms with Gasteiger partial charge in [0.25, 0.3) is 5.91 Å². The Morgan fingerprint density at radius 2 is 1.96 bits per heavy atom. The van der Waals surface area contributed by atoms with E-state index >= 15 is 0 Å². The third-order valence-electron chi connectivity index (χ3n) is 6.09. The van der Waals surface area contributed by atoms with Crippen LogP contribution in [0.5, 0.6) is 0 Å². The van der Waals surface area contributed by atoms with Crippen molar-refractivity contribution in [3.63, 3.8) is 0 Å². The number of likely N-dealkylation sites (N-methyl/N-ethyl adjacent to an activating group) is 1. The van der Waals surface area contributed by atoms with Crippen molar-refractivity contribution in [2.75, 3.05) is 45.8 Å². The van der Waals surface area contributed by atoms with Crippen molar-refractivity contribution in [1.82, 2.24) is 24.7 Å². The number of aromatic nitrogens is 2. The summed E-state index contributed by atoms with van der Waals surface area (Å²) in [6.45, 7) is 12.7. The molecule has 2 aliphatic rings. The zero-order chi connectivity index (χ0) is 18.8. The molecule has 1 N–H and O–H groups in total. The van der Waals surface area contributed by atoms with Gasteiger partial charge in [-0.2, -0.15) is 0 Å². The third kappa shape index (κ3) is 4.01. The highest BCUT2D eigenvalue weighted by atomic mass is 16.1. The molecular formula is C21H31N5O. The van der Waals surface area contributed by atoms with E-state index in [4.69, 9.17) is 4.98 Å². The summed E-state index contributed by atoms with van der Waals surface area (Å²) in [6, 6.07) is 5.94. The van der Waals surface area contributed by atoms with E-state index in [0.29, 0.717) is 18.0 Å². The smallest absolute Gasteiger partial charge is 0.251 e. The SMILES string of the molecule is CCN1CCN(CCNC(=O)c2ccc3c(c2)nc2n3CCC(C)C2)CC1. The first-order valence-corrected chi connectivity index (χ1v) is 10.4. The number of carbonyl (C=O) groups is 1. The van der Waals surface area contributed by atoms with Crippen molar-refractivity contribution in [3.05, 3.63) is 29.6 Å². The molecule has 1 aromatic carbocycles. The van der Waals surface area contributed by atoms with E-state index in [0.717, 1.165) is 69.1 Å². The van der Waals surface area contributed by atoms with Gasteiger partial charge in [0.05, 0.1) is 11.0 Å². The molecule has 0 saturated carbocycles. The van der Waals surface area contributed by atoms with Crippen LogP contribution in [-0.2, 0) is 13.0 Å². The van der Waals surface area contributed by atoms with Gasteiger partial charge in [-0.25, -0.2) is 4.98 Å². The minimum absolute atomic E-state index is 0.00318. The van der Waals surface area contributed by atoms with Crippen LogP contribution in [0, 0.1) is 5.92 Å². The molecule has 3 heterocycles. The van der Waals surface area contributed by atoms with E-state index in [-0.39, 0.29) is 5.91 Å². The summed E-state index contributed by atoms with van der Waals surface area (Å²) in [5, 5.41) is 3.08. The van der Waals surface area contributed by atoms with Gasteiger partial charge in [0.15, 0.2) is 0 Å². The van der Waals surface area contributed by atoms with Crippen LogP contribution in [0.4, 0.5) is 0 Å². The largest absolute Gasteiger partial charge is 0.351 e. The summed E-state index contributed by atoms with van der Waals surface area (Å²) < 4.78 is 2.31. The third-order valence-corrected chi connectivity index (χ3v) is 6.09. The first kappa shape index (κ1) is 18.4. The number of nitrogens with one attached hydrogen (secondary N) is 1. The molecular weight excluding hydrogens is 338 g/mol. The fraction of sp³-hybridized carbons (Fsp3) is 0.619. The Hall–Kier alpha value is -1.92. The number of amides is 1. The molecule has 4 rings (SSSR count). The predicted octanol–water partition coefficient (Wildman–Crippen LogP) is 1.99. The molecule has 0 bridgehead atoms. The summed E-state index contributed by atoms with van der Waals surface area (Å²) in [4.78, 5) is 22.2. The quantitative estimate of drug-likeness (QED) is 0.876. The van der Waals surface area contributed by atoms with Crippen LogP contribution in [0.15, 0.2) is 18.2 Å². The molecule has 0 spiro atoms. The van der Waals surface area contributed by atoms with Crippen LogP contribution >= 0.6 is 0 Å². The number of fused-ring (bicyclic) bond motifs is 3. The highest BCUT2D eigenvalue weighted by molar-refractivity contribution is 5.97. The van der Waals surface area contributed by atoms with Gasteiger partial charge in [0.1, 0.15) is 5.82 Å². The summed E-state index contributed by atoms with van der Waals surface area (Å²) in [7, 11) is 0. The topological polar surface area (TPSA) is 53.4 Å². The highest BCUT2D eigenvalue weighted by Gasteiger charge is 2.20. The second kappa shape index (κ2) is 7.98. The molecule has 1 amide bonds. The number of hydrogen-bond donors (Lipinski definition) is 1. The lowest BCUT2D eigenvalue weighted by molar-refractivity contribution is 0.0938. The fourth-order valence-electron chi connectivity index (χ4n) is 4.25. The van der Waals surface area contributed by atoms with E-state index in [9.17, 15) is 4.79 Å². The molecule has 1 aromatic heterocycles. The Balaban J connectivity index is 1.34. The second-order valence-electron chi connectivity index (χ2n) is 8.01. The maximum atomic E-state index is 12.6. The van der Waals surface area contributed by atoms with Gasteiger partial charge in [-0.05, 0) is 37.1 Å². The van der Waals surface area contributed by atoms with E-state index in [1.807, 2.05) is 12.1 Å². The Morgan fingerprint density at radius 3 is 2.74 bits per heavy atom. The van der Waals surface area contributed by atoms with Crippen LogP contribution in [0.2, 0.25) is 0 Å². The van der Waals surface area contributed by atoms with Crippen LogP contribution < -0.4 is 5.32 Å². The summed E-state index contributed by atoms with van der Waals surface area (Å²) in [5.41, 5.74) is 2.81. The minimum Gasteiger partial charge on any atom is -0.351 e. The van der Waals surface area contributed by atoms with Crippen molar-refractivity contribution >= 4 is 16.9 Å². The molecule has 6 heteroatoms. The molecule has 1 saturated heterocycles. The lowest BCUT2D eigenvalue weighted by atomic mass is 10.0. The molecule has 1 fully saturated rings. The number of carbonyl (C=O) groups excluding carboxylic acids is 1. The van der Waals surface area contributed by atoms with E-state index < -0.39 is 0 Å². The molecule has 2 aromatic rings. The molecule has 0 aliphatic carbocycles. The molecule has 27 heavy (non-hydrogen) atoms. The van der Waals surface area contributed by atoms with E-state index in [1.54, 1.807) is 0 Å². The predicted molar refractivity (Wildman–Crippen MR) is 108 cm³/mol. The van der Waals surface area contributed by atoms with Crippen molar-refractivity contribution in [2.24, 2.45) is 5.92 Å². The van der Waals surface area contributed by atoms with Crippen molar-refractivity contribution in [3.8, 4) is 0 Å². The van der Waals surface area contributed by atoms with Crippen molar-refractivity contribution in [2.45, 2.75) is 33.2 Å². The zero-order valence-corrected chi connectivity index (χ0v) is 16.6. The molecule has 6 nitrogen and oxygen atoms in total. The first-order valence-electron chi connectivity index (χ1n) is 10.4. The monoisotopic (exact) mass is 369 g/mol. The van der Waals surface area contributed by atoms with Gasteiger partial charge in [-0.15, -0.1) is 0 Å². The Labute approximate surface area is 161 Å². The normalized spacial score (nSPS) is 21.3. The average molecular weight is 370 g/mol. The average Bonchev–Trinajstić information content (AvgIpc) is 3.04. The number of hydrogen-bond acceptors (Lipinski definition) is 4. The lowest BCUT2D eigenvalue weighted by Gasteiger charge is -2.33. The van der Waals surface area contributed by atoms with Gasteiger partial charge in [-0.3, -0.25) is 9.69 Å². The Morgan fingerprint density at radius 1 is 1.19 bits per heavy atom. The van der Waals surface area contributed by atoms with Gasteiger partial charge in [0, 0.05) is 57.8 Å². The molecule has 0 radical (unpaired) electrons. The number of rotatable bonds is 5. The zero-order valence-electron chi connectivity index (χ0n) is 16.6. The summed E-state index contributed by atoms with van der Waals surface area (Å²) in [6.07, 6.45) is 2.23. The van der Waals surface area contributed by atoms with Crippen LogP contribution in [-0.4, -0.2) is 71.1 Å². The number of piperazine rings is 1. The maximum Gasteiger partial charge on any atom is 0.251 e. The lowest BCUT2D eigenvalue weighted by Crippen LogP contribution is -2.48. The van der Waals surface area contributed by atoms with E-state index in [1.165, 1.54) is 6.42 Å². The Bertz CT molecular complexity index is 806. The number of benzene rings is 1. The van der Waals surface area contributed by atoms with Gasteiger partial charge >= 0.3 is 0 Å². The standard InChI is InChI=1S/C21H31N5O/c1-3-24-10-12-25(13-11-24)9-7-22-21(27)17-4-5-19-18(15-17)23-20-14-16(2)6-8-26(19)20/h4-5,15-16H,3,6-14H2,1-2H3,(H,22,27). The minimum atomic E-state index is 0.00318. The van der Waals surface area contributed by atoms with Gasteiger partial charge in [-0.1, -0.05) is 13.8 Å². The highest BCUT2D eigenvalue weighted by Crippen LogP contribution is 2.25. The fourth-order valence-corrected chi connectivity index (χ4v) is 4.25. The van der Waals surface area contributed by atoms with Gasteiger partial charge < -0.3 is 14.8 Å². The van der Waals surface area contributed by atoms with Crippen LogP contribution in [0.3, 0.4) is 0 Å². The van der Waals surface area contributed by atoms with Crippen LogP contribution in [0.25, 0.3) is 11.0 Å². The number of aryl methyl sites for hydroxylation is 1. The van der Waals surface area contributed by atoms with Crippen LogP contribution in [0.1, 0.15) is 36.5 Å². The summed E-state index contributed by atoms with van der Waals surface area (Å²) >= 11 is 0. The molecule has 1 unspecified atom stereocenters.